The van der Waals surface area contributed by atoms with Crippen LogP contribution in [0.4, 0.5) is 5.13 Å². The van der Waals surface area contributed by atoms with Crippen LogP contribution in [-0.2, 0) is 15.0 Å². The lowest BCUT2D eigenvalue weighted by atomic mass is 9.49. The van der Waals surface area contributed by atoms with Gasteiger partial charge in [0.05, 0.1) is 5.69 Å². The number of nitrogens with one attached hydrogen (secondary N) is 2. The highest BCUT2D eigenvalue weighted by Crippen LogP contribution is 2.60. The van der Waals surface area contributed by atoms with E-state index in [1.807, 2.05) is 0 Å². The van der Waals surface area contributed by atoms with Crippen molar-refractivity contribution in [3.05, 3.63) is 11.1 Å². The third-order valence-electron chi connectivity index (χ3n) is 6.83. The van der Waals surface area contributed by atoms with Crippen molar-refractivity contribution in [1.29, 1.82) is 0 Å². The fraction of sp³-hybridized carbons (Fsp3) is 0.762. The number of nitrogens with zero attached hydrogens (tertiary/aromatic N) is 1. The van der Waals surface area contributed by atoms with Gasteiger partial charge in [0.25, 0.3) is 0 Å². The molecular weight excluding hydrogens is 358 g/mol. The Morgan fingerprint density at radius 3 is 2.37 bits per heavy atom. The van der Waals surface area contributed by atoms with Crippen LogP contribution < -0.4 is 10.6 Å². The van der Waals surface area contributed by atoms with Gasteiger partial charge in [-0.1, -0.05) is 26.2 Å². The Bertz CT molecular complexity index is 664. The summed E-state index contributed by atoms with van der Waals surface area (Å²) in [6, 6.07) is 0. The summed E-state index contributed by atoms with van der Waals surface area (Å²) in [6.07, 6.45) is 12.3. The third-order valence-corrected chi connectivity index (χ3v) is 7.59. The number of hydrogen-bond acceptors (Lipinski definition) is 4. The molecule has 0 aliphatic heterocycles. The molecule has 1 heterocycles. The topological polar surface area (TPSA) is 71.1 Å². The van der Waals surface area contributed by atoms with Crippen molar-refractivity contribution in [2.45, 2.75) is 76.5 Å². The first-order valence-corrected chi connectivity index (χ1v) is 11.5. The molecule has 5 nitrogen and oxygen atoms in total. The fourth-order valence-electron chi connectivity index (χ4n) is 5.99. The minimum Gasteiger partial charge on any atom is -0.348 e. The molecule has 2 N–H and O–H groups in total. The molecule has 4 saturated carbocycles. The maximum Gasteiger partial charge on any atom is 0.315 e. The number of unbranched alkanes of at least 4 members (excludes halogenated alkanes) is 3. The number of aromatic nitrogens is 1. The van der Waals surface area contributed by atoms with E-state index in [2.05, 4.69) is 22.9 Å². The maximum atomic E-state index is 12.1. The highest BCUT2D eigenvalue weighted by Gasteiger charge is 2.52. The Morgan fingerprint density at radius 2 is 1.74 bits per heavy atom. The number of amides is 2. The van der Waals surface area contributed by atoms with Gasteiger partial charge in [-0.3, -0.25) is 14.9 Å². The monoisotopic (exact) mass is 389 g/mol. The summed E-state index contributed by atoms with van der Waals surface area (Å²) in [5, 5.41) is 8.08. The van der Waals surface area contributed by atoms with E-state index in [-0.39, 0.29) is 5.41 Å². The Hall–Kier alpha value is -1.43. The van der Waals surface area contributed by atoms with Gasteiger partial charge in [-0.15, -0.1) is 11.3 Å². The van der Waals surface area contributed by atoms with Crippen LogP contribution in [0.5, 0.6) is 0 Å². The molecule has 0 atom stereocenters. The van der Waals surface area contributed by atoms with E-state index in [0.29, 0.717) is 11.7 Å². The van der Waals surface area contributed by atoms with E-state index in [1.54, 1.807) is 0 Å². The first kappa shape index (κ1) is 18.9. The molecule has 0 radical (unpaired) electrons. The molecule has 0 aromatic carbocycles. The average molecular weight is 390 g/mol. The second-order valence-corrected chi connectivity index (χ2v) is 9.86. The lowest BCUT2D eigenvalue weighted by Gasteiger charge is -2.56. The van der Waals surface area contributed by atoms with Crippen LogP contribution >= 0.6 is 11.3 Å². The zero-order chi connectivity index (χ0) is 18.9. The van der Waals surface area contributed by atoms with Crippen LogP contribution in [0, 0.1) is 17.8 Å². The Kier molecular flexibility index (Phi) is 5.53. The largest absolute Gasteiger partial charge is 0.348 e. The Balaban J connectivity index is 1.32. The number of carbonyl (C=O) groups excluding carboxylic acids is 2. The molecule has 1 aromatic heterocycles. The number of hydrogen-bond donors (Lipinski definition) is 2. The van der Waals surface area contributed by atoms with Crippen LogP contribution in [0.1, 0.15) is 76.8 Å². The highest BCUT2D eigenvalue weighted by molar-refractivity contribution is 7.14. The SMILES string of the molecule is CCCCCCNC(=O)C(=O)Nc1nc(C23CC4CC(CC(C4)C2)C3)cs1. The molecule has 1 aromatic rings. The summed E-state index contributed by atoms with van der Waals surface area (Å²) in [4.78, 5) is 28.8. The van der Waals surface area contributed by atoms with Crippen molar-refractivity contribution in [3.8, 4) is 0 Å². The van der Waals surface area contributed by atoms with Crippen molar-refractivity contribution in [1.82, 2.24) is 10.3 Å². The van der Waals surface area contributed by atoms with E-state index < -0.39 is 11.8 Å². The van der Waals surface area contributed by atoms with Crippen molar-refractivity contribution in [2.75, 3.05) is 11.9 Å². The molecule has 2 amide bonds. The Labute approximate surface area is 165 Å². The van der Waals surface area contributed by atoms with Crippen molar-refractivity contribution >= 4 is 28.3 Å². The maximum absolute atomic E-state index is 12.1. The van der Waals surface area contributed by atoms with Gasteiger partial charge in [-0.2, -0.15) is 0 Å². The predicted octanol–water partition coefficient (Wildman–Crippen LogP) is 4.25. The van der Waals surface area contributed by atoms with Crippen molar-refractivity contribution in [3.63, 3.8) is 0 Å². The summed E-state index contributed by atoms with van der Waals surface area (Å²) in [5.41, 5.74) is 1.39. The zero-order valence-electron chi connectivity index (χ0n) is 16.3. The number of thiazole rings is 1. The molecule has 4 bridgehead atoms. The highest BCUT2D eigenvalue weighted by atomic mass is 32.1. The van der Waals surface area contributed by atoms with Crippen LogP contribution in [0.3, 0.4) is 0 Å². The molecule has 27 heavy (non-hydrogen) atoms. The van der Waals surface area contributed by atoms with Gasteiger partial charge in [0.2, 0.25) is 0 Å². The van der Waals surface area contributed by atoms with E-state index in [0.717, 1.165) is 49.1 Å². The summed E-state index contributed by atoms with van der Waals surface area (Å²) in [6.45, 7) is 2.71. The molecule has 4 aliphatic carbocycles. The van der Waals surface area contributed by atoms with E-state index in [1.165, 1.54) is 49.9 Å². The Morgan fingerprint density at radius 1 is 1.07 bits per heavy atom. The normalized spacial score (nSPS) is 31.1. The first-order valence-electron chi connectivity index (χ1n) is 10.6. The molecule has 148 valence electrons. The molecule has 0 saturated heterocycles. The smallest absolute Gasteiger partial charge is 0.315 e. The lowest BCUT2D eigenvalue weighted by Crippen LogP contribution is -2.48. The van der Waals surface area contributed by atoms with Crippen LogP contribution in [-0.4, -0.2) is 23.3 Å². The minimum absolute atomic E-state index is 0.232. The van der Waals surface area contributed by atoms with Gasteiger partial charge in [0.1, 0.15) is 0 Å². The second-order valence-electron chi connectivity index (χ2n) is 9.01. The summed E-state index contributed by atoms with van der Waals surface area (Å²) in [5.74, 6) is 1.45. The van der Waals surface area contributed by atoms with Gasteiger partial charge < -0.3 is 5.32 Å². The molecule has 0 unspecified atom stereocenters. The fourth-order valence-corrected chi connectivity index (χ4v) is 6.82. The molecule has 4 aliphatic rings. The van der Waals surface area contributed by atoms with E-state index in [9.17, 15) is 9.59 Å². The van der Waals surface area contributed by atoms with Gasteiger partial charge in [0.15, 0.2) is 5.13 Å². The van der Waals surface area contributed by atoms with Gasteiger partial charge in [-0.25, -0.2) is 4.98 Å². The molecule has 0 spiro atoms. The van der Waals surface area contributed by atoms with Gasteiger partial charge in [0, 0.05) is 17.3 Å². The molecule has 5 rings (SSSR count). The number of anilines is 1. The second kappa shape index (κ2) is 7.90. The quantitative estimate of drug-likeness (QED) is 0.541. The summed E-state index contributed by atoms with van der Waals surface area (Å²) < 4.78 is 0. The molecular formula is C21H31N3O2S. The summed E-state index contributed by atoms with van der Waals surface area (Å²) >= 11 is 1.46. The van der Waals surface area contributed by atoms with Crippen molar-refractivity contribution in [2.24, 2.45) is 17.8 Å². The van der Waals surface area contributed by atoms with E-state index >= 15 is 0 Å². The standard InChI is InChI=1S/C21H31N3O2S/c1-2-3-4-5-6-22-18(25)19(26)24-20-23-17(13-27-20)21-10-14-7-15(11-21)9-16(8-14)12-21/h13-16H,2-12H2,1H3,(H,22,25)(H,23,24,26). The third kappa shape index (κ3) is 4.05. The molecule has 4 fully saturated rings. The lowest BCUT2D eigenvalue weighted by molar-refractivity contribution is -0.136. The minimum atomic E-state index is -0.600. The van der Waals surface area contributed by atoms with Crippen molar-refractivity contribution < 1.29 is 9.59 Å². The number of rotatable bonds is 7. The van der Waals surface area contributed by atoms with Crippen LogP contribution in [0.25, 0.3) is 0 Å². The van der Waals surface area contributed by atoms with Gasteiger partial charge in [-0.05, 0) is 62.7 Å². The van der Waals surface area contributed by atoms with E-state index in [4.69, 9.17) is 4.98 Å². The van der Waals surface area contributed by atoms with Crippen LogP contribution in [0.15, 0.2) is 5.38 Å². The number of carbonyl (C=O) groups is 2. The average Bonchev–Trinajstić information content (AvgIpc) is 3.09. The molecule has 6 heteroatoms. The van der Waals surface area contributed by atoms with Gasteiger partial charge >= 0.3 is 11.8 Å². The zero-order valence-corrected chi connectivity index (χ0v) is 17.1. The summed E-state index contributed by atoms with van der Waals surface area (Å²) in [7, 11) is 0. The first-order chi connectivity index (χ1) is 13.1. The van der Waals surface area contributed by atoms with Crippen LogP contribution in [0.2, 0.25) is 0 Å². The predicted molar refractivity (Wildman–Crippen MR) is 108 cm³/mol.